The summed E-state index contributed by atoms with van der Waals surface area (Å²) < 4.78 is 10.1. The van der Waals surface area contributed by atoms with Gasteiger partial charge in [0.1, 0.15) is 0 Å². The van der Waals surface area contributed by atoms with Crippen molar-refractivity contribution in [2.75, 3.05) is 0 Å². The summed E-state index contributed by atoms with van der Waals surface area (Å²) in [7, 11) is 0. The summed E-state index contributed by atoms with van der Waals surface area (Å²) in [5.41, 5.74) is 2.58. The molecule has 0 unspecified atom stereocenters. The number of amides is 1. The first-order chi connectivity index (χ1) is 12.8. The molecule has 0 saturated heterocycles. The van der Waals surface area contributed by atoms with E-state index >= 15 is 0 Å². The summed E-state index contributed by atoms with van der Waals surface area (Å²) in [5.74, 6) is -0.147. The van der Waals surface area contributed by atoms with Crippen molar-refractivity contribution in [1.82, 2.24) is 5.32 Å². The number of carbonyl (C=O) groups is 1. The van der Waals surface area contributed by atoms with Gasteiger partial charge in [-0.1, -0.05) is 54.6 Å². The van der Waals surface area contributed by atoms with Crippen LogP contribution in [0.5, 0.6) is 5.95 Å². The van der Waals surface area contributed by atoms with Crippen molar-refractivity contribution in [3.05, 3.63) is 77.2 Å². The van der Waals surface area contributed by atoms with E-state index in [1.54, 1.807) is 0 Å². The van der Waals surface area contributed by atoms with E-state index in [-0.39, 0.29) is 5.95 Å². The molecule has 0 aliphatic heterocycles. The standard InChI is InChI=1S/C22H21NO4/c1-22(2,3)23-21(25)27-20-14-18(13-19(24)26-20)17-11-9-16(10-12-17)15-7-5-4-6-8-15/h4-14H,1-3H3,(H,23,25). The predicted octanol–water partition coefficient (Wildman–Crippen LogP) is 4.86. The number of hydrogen-bond donors (Lipinski definition) is 1. The lowest BCUT2D eigenvalue weighted by atomic mass is 10.0. The molecule has 1 amide bonds. The molecule has 138 valence electrons. The second-order valence-corrected chi connectivity index (χ2v) is 7.19. The van der Waals surface area contributed by atoms with Gasteiger partial charge in [-0.05, 0) is 43.0 Å². The van der Waals surface area contributed by atoms with Crippen LogP contribution in [-0.4, -0.2) is 11.6 Å². The zero-order chi connectivity index (χ0) is 19.4. The zero-order valence-electron chi connectivity index (χ0n) is 15.5. The van der Waals surface area contributed by atoms with Gasteiger partial charge in [-0.25, -0.2) is 9.59 Å². The maximum absolute atomic E-state index is 11.9. The van der Waals surface area contributed by atoms with E-state index in [1.807, 2.05) is 75.4 Å². The summed E-state index contributed by atoms with van der Waals surface area (Å²) in [4.78, 5) is 23.8. The van der Waals surface area contributed by atoms with Gasteiger partial charge in [0.05, 0.1) is 0 Å². The van der Waals surface area contributed by atoms with Crippen molar-refractivity contribution in [2.45, 2.75) is 26.3 Å². The highest BCUT2D eigenvalue weighted by Gasteiger charge is 2.17. The second-order valence-electron chi connectivity index (χ2n) is 7.19. The smallest absolute Gasteiger partial charge is 0.389 e. The Morgan fingerprint density at radius 1 is 0.852 bits per heavy atom. The number of carbonyl (C=O) groups excluding carboxylic acids is 1. The van der Waals surface area contributed by atoms with Crippen LogP contribution in [-0.2, 0) is 0 Å². The van der Waals surface area contributed by atoms with Gasteiger partial charge >= 0.3 is 11.7 Å². The van der Waals surface area contributed by atoms with Gasteiger partial charge in [0.25, 0.3) is 5.95 Å². The highest BCUT2D eigenvalue weighted by Crippen LogP contribution is 2.26. The van der Waals surface area contributed by atoms with Crippen LogP contribution < -0.4 is 15.7 Å². The first-order valence-corrected chi connectivity index (χ1v) is 8.61. The summed E-state index contributed by atoms with van der Waals surface area (Å²) in [5, 5.41) is 2.65. The van der Waals surface area contributed by atoms with Crippen molar-refractivity contribution >= 4 is 6.09 Å². The zero-order valence-corrected chi connectivity index (χ0v) is 15.5. The molecule has 0 saturated carbocycles. The molecule has 0 atom stereocenters. The Bertz CT molecular complexity index is 983. The molecule has 2 aromatic carbocycles. The minimum Gasteiger partial charge on any atom is -0.389 e. The fourth-order valence-electron chi connectivity index (χ4n) is 2.58. The molecule has 0 spiro atoms. The van der Waals surface area contributed by atoms with E-state index in [0.29, 0.717) is 5.56 Å². The van der Waals surface area contributed by atoms with Crippen LogP contribution in [0, 0.1) is 0 Å². The third-order valence-electron chi connectivity index (χ3n) is 3.74. The van der Waals surface area contributed by atoms with Crippen LogP contribution in [0.3, 0.4) is 0 Å². The molecule has 27 heavy (non-hydrogen) atoms. The summed E-state index contributed by atoms with van der Waals surface area (Å²) in [6.07, 6.45) is -0.678. The van der Waals surface area contributed by atoms with Crippen LogP contribution in [0.25, 0.3) is 22.3 Å². The van der Waals surface area contributed by atoms with Gasteiger partial charge in [0.2, 0.25) is 0 Å². The summed E-state index contributed by atoms with van der Waals surface area (Å²) >= 11 is 0. The fraction of sp³-hybridized carbons (Fsp3) is 0.182. The van der Waals surface area contributed by atoms with Crippen molar-refractivity contribution in [3.63, 3.8) is 0 Å². The van der Waals surface area contributed by atoms with Gasteiger partial charge in [-0.2, -0.15) is 0 Å². The third-order valence-corrected chi connectivity index (χ3v) is 3.74. The van der Waals surface area contributed by atoms with Gasteiger partial charge in [-0.3, -0.25) is 0 Å². The number of benzene rings is 2. The number of nitrogens with one attached hydrogen (secondary N) is 1. The van der Waals surface area contributed by atoms with Gasteiger partial charge in [0.15, 0.2) is 0 Å². The Hall–Kier alpha value is -3.34. The number of ether oxygens (including phenoxy) is 1. The molecule has 5 heteroatoms. The molecule has 3 aromatic rings. The molecule has 5 nitrogen and oxygen atoms in total. The second kappa shape index (κ2) is 7.50. The Kier molecular flexibility index (Phi) is 5.12. The topological polar surface area (TPSA) is 68.5 Å². The summed E-state index contributed by atoms with van der Waals surface area (Å²) in [6, 6.07) is 20.7. The number of hydrogen-bond acceptors (Lipinski definition) is 4. The SMILES string of the molecule is CC(C)(C)NC(=O)Oc1cc(-c2ccc(-c3ccccc3)cc2)cc(=O)o1. The molecule has 1 aromatic heterocycles. The fourth-order valence-corrected chi connectivity index (χ4v) is 2.58. The average Bonchev–Trinajstić information content (AvgIpc) is 2.60. The molecule has 3 rings (SSSR count). The largest absolute Gasteiger partial charge is 0.415 e. The molecular weight excluding hydrogens is 342 g/mol. The highest BCUT2D eigenvalue weighted by molar-refractivity contribution is 5.73. The van der Waals surface area contributed by atoms with Crippen LogP contribution in [0.4, 0.5) is 4.79 Å². The van der Waals surface area contributed by atoms with Gasteiger partial charge < -0.3 is 14.5 Å². The quantitative estimate of drug-likeness (QED) is 0.721. The van der Waals surface area contributed by atoms with E-state index in [1.165, 1.54) is 12.1 Å². The molecule has 0 aliphatic carbocycles. The minimum atomic E-state index is -0.678. The Morgan fingerprint density at radius 2 is 1.41 bits per heavy atom. The molecule has 0 bridgehead atoms. The maximum Gasteiger partial charge on any atom is 0.415 e. The minimum absolute atomic E-state index is 0.147. The molecule has 0 fully saturated rings. The van der Waals surface area contributed by atoms with E-state index in [9.17, 15) is 9.59 Å². The monoisotopic (exact) mass is 363 g/mol. The van der Waals surface area contributed by atoms with Crippen molar-refractivity contribution < 1.29 is 13.9 Å². The maximum atomic E-state index is 11.9. The van der Waals surface area contributed by atoms with Gasteiger partial charge in [0, 0.05) is 17.7 Å². The van der Waals surface area contributed by atoms with Crippen LogP contribution >= 0.6 is 0 Å². The molecule has 1 heterocycles. The van der Waals surface area contributed by atoms with E-state index < -0.39 is 17.3 Å². The van der Waals surface area contributed by atoms with Crippen LogP contribution in [0.15, 0.2) is 75.9 Å². The predicted molar refractivity (Wildman–Crippen MR) is 105 cm³/mol. The van der Waals surface area contributed by atoms with E-state index in [2.05, 4.69) is 5.32 Å². The van der Waals surface area contributed by atoms with E-state index in [0.717, 1.165) is 16.7 Å². The number of rotatable bonds is 3. The van der Waals surface area contributed by atoms with Crippen molar-refractivity contribution in [2.24, 2.45) is 0 Å². The van der Waals surface area contributed by atoms with Crippen molar-refractivity contribution in [1.29, 1.82) is 0 Å². The average molecular weight is 363 g/mol. The lowest BCUT2D eigenvalue weighted by Gasteiger charge is -2.19. The molecule has 0 aliphatic rings. The summed E-state index contributed by atoms with van der Waals surface area (Å²) in [6.45, 7) is 5.49. The Balaban J connectivity index is 1.84. The van der Waals surface area contributed by atoms with Crippen molar-refractivity contribution in [3.8, 4) is 28.2 Å². The lowest BCUT2D eigenvalue weighted by molar-refractivity contribution is 0.175. The molecule has 0 radical (unpaired) electrons. The van der Waals surface area contributed by atoms with Crippen LogP contribution in [0.1, 0.15) is 20.8 Å². The molecular formula is C22H21NO4. The third kappa shape index (κ3) is 5.07. The first kappa shape index (κ1) is 18.5. The Labute approximate surface area is 157 Å². The highest BCUT2D eigenvalue weighted by atomic mass is 16.6. The Morgan fingerprint density at radius 3 is 2.00 bits per heavy atom. The lowest BCUT2D eigenvalue weighted by Crippen LogP contribution is -2.42. The first-order valence-electron chi connectivity index (χ1n) is 8.61. The van der Waals surface area contributed by atoms with E-state index in [4.69, 9.17) is 9.15 Å². The van der Waals surface area contributed by atoms with Crippen LogP contribution in [0.2, 0.25) is 0 Å². The molecule has 1 N–H and O–H groups in total. The normalized spacial score (nSPS) is 11.1. The van der Waals surface area contributed by atoms with Gasteiger partial charge in [-0.15, -0.1) is 0 Å².